The maximum atomic E-state index is 14.1. The van der Waals surface area contributed by atoms with Gasteiger partial charge in [-0.3, -0.25) is 28.9 Å². The molecule has 10 nitrogen and oxygen atoms in total. The van der Waals surface area contributed by atoms with Gasteiger partial charge in [-0.25, -0.2) is 0 Å². The number of aliphatic hydroxyl groups excluding tert-OH is 1. The van der Waals surface area contributed by atoms with Gasteiger partial charge in [-0.1, -0.05) is 42.5 Å². The summed E-state index contributed by atoms with van der Waals surface area (Å²) in [6.07, 6.45) is -0.790. The van der Waals surface area contributed by atoms with E-state index >= 15 is 0 Å². The molecule has 1 amide bonds. The number of aromatic hydroxyl groups is 1. The number of amides is 1. The Kier molecular flexibility index (Phi) is 6.53. The van der Waals surface area contributed by atoms with Gasteiger partial charge in [-0.15, -0.1) is 0 Å². The van der Waals surface area contributed by atoms with Gasteiger partial charge in [-0.05, 0) is 50.0 Å². The third kappa shape index (κ3) is 3.77. The van der Waals surface area contributed by atoms with Crippen molar-refractivity contribution in [2.75, 3.05) is 14.1 Å². The number of Topliss-reactive ketones (excluding diaryl/α,β-unsaturated/α-hetero) is 4. The number of rotatable bonds is 5. The first-order valence-corrected chi connectivity index (χ1v) is 12.8. The topological polar surface area (TPSA) is 175 Å². The normalized spacial score (nSPS) is 33.9. The van der Waals surface area contributed by atoms with E-state index in [4.69, 9.17) is 5.73 Å². The summed E-state index contributed by atoms with van der Waals surface area (Å²) in [7, 11) is 2.93. The number of ketones is 4. The maximum Gasteiger partial charge on any atom is 0.235 e. The Morgan fingerprint density at radius 3 is 2.28 bits per heavy atom. The molecule has 0 heterocycles. The summed E-state index contributed by atoms with van der Waals surface area (Å²) >= 11 is 0. The number of benzene rings is 2. The van der Waals surface area contributed by atoms with Gasteiger partial charge < -0.3 is 21.1 Å². The van der Waals surface area contributed by atoms with E-state index in [-0.39, 0.29) is 11.3 Å². The number of hydrogen-bond donors (Lipinski definition) is 4. The van der Waals surface area contributed by atoms with Crippen LogP contribution in [-0.2, 0) is 25.6 Å². The average molecular weight is 535 g/mol. The van der Waals surface area contributed by atoms with Gasteiger partial charge in [0.15, 0.2) is 34.7 Å². The van der Waals surface area contributed by atoms with Crippen molar-refractivity contribution in [2.24, 2.45) is 29.4 Å². The molecule has 0 aliphatic heterocycles. The predicted octanol–water partition coefficient (Wildman–Crippen LogP) is 0.0117. The number of carbonyl (C=O) groups is 5. The molecule has 2 saturated carbocycles. The summed E-state index contributed by atoms with van der Waals surface area (Å²) in [6, 6.07) is 12.6. The zero-order valence-electron chi connectivity index (χ0n) is 21.5. The lowest BCUT2D eigenvalue weighted by molar-refractivity contribution is -0.197. The molecule has 0 aromatic heterocycles. The summed E-state index contributed by atoms with van der Waals surface area (Å²) < 4.78 is 0. The molecule has 2 fully saturated rings. The Labute approximate surface area is 224 Å². The van der Waals surface area contributed by atoms with Crippen LogP contribution in [0.25, 0.3) is 0 Å². The van der Waals surface area contributed by atoms with Crippen molar-refractivity contribution in [3.05, 3.63) is 65.2 Å². The Morgan fingerprint density at radius 2 is 1.67 bits per heavy atom. The number of hydrogen-bond acceptors (Lipinski definition) is 9. The highest BCUT2D eigenvalue weighted by Crippen LogP contribution is 2.55. The minimum atomic E-state index is -3.01. The van der Waals surface area contributed by atoms with E-state index in [9.17, 15) is 39.3 Å². The summed E-state index contributed by atoms with van der Waals surface area (Å²) in [5.41, 5.74) is 3.65. The van der Waals surface area contributed by atoms with E-state index in [1.807, 2.05) is 30.3 Å². The molecule has 2 aromatic carbocycles. The van der Waals surface area contributed by atoms with Crippen molar-refractivity contribution in [3.63, 3.8) is 0 Å². The van der Waals surface area contributed by atoms with Crippen LogP contribution >= 0.6 is 0 Å². The van der Waals surface area contributed by atoms with Gasteiger partial charge >= 0.3 is 0 Å². The van der Waals surface area contributed by atoms with Crippen molar-refractivity contribution in [1.82, 2.24) is 4.90 Å². The van der Waals surface area contributed by atoms with Crippen molar-refractivity contribution < 1.29 is 39.3 Å². The number of phenolic OH excluding ortho intramolecular Hbond substituents is 1. The van der Waals surface area contributed by atoms with Crippen LogP contribution < -0.4 is 5.73 Å². The highest BCUT2D eigenvalue weighted by atomic mass is 16.3. The summed E-state index contributed by atoms with van der Waals surface area (Å²) in [6.45, 7) is 0. The van der Waals surface area contributed by atoms with Gasteiger partial charge in [-0.2, -0.15) is 0 Å². The van der Waals surface area contributed by atoms with E-state index in [0.717, 1.165) is 5.56 Å². The standard InChI is InChI=1S/C29H30N2O8/c1-31(2)22-21-24(34)18-15(12-11-13-7-4-3-5-8-13)14-9-6-10-16(32)17(14)23(33)19(18)26(36)29(21,39)27(37)20(25(22)35)28(30)38/h3-10,15,18-22,24,32,34,39H,11-12H2,1-2H3,(H2,30,38)/t15-,18+,19?,20?,21+,22?,24-,29-/m0/s1. The van der Waals surface area contributed by atoms with Gasteiger partial charge in [0, 0.05) is 5.92 Å². The smallest absolute Gasteiger partial charge is 0.235 e. The van der Waals surface area contributed by atoms with E-state index in [2.05, 4.69) is 0 Å². The molecule has 3 aliphatic carbocycles. The molecule has 0 spiro atoms. The second-order valence-electron chi connectivity index (χ2n) is 10.9. The third-order valence-corrected chi connectivity index (χ3v) is 8.74. The number of nitrogens with zero attached hydrogens (tertiary/aromatic N) is 1. The lowest BCUT2D eigenvalue weighted by atomic mass is 9.49. The molecular formula is C29H30N2O8. The van der Waals surface area contributed by atoms with E-state index in [0.29, 0.717) is 18.4 Å². The van der Waals surface area contributed by atoms with Crippen molar-refractivity contribution in [2.45, 2.75) is 36.5 Å². The van der Waals surface area contributed by atoms with Crippen molar-refractivity contribution in [1.29, 1.82) is 0 Å². The number of likely N-dealkylation sites (N-methyl/N-ethyl adjacent to an activating group) is 1. The van der Waals surface area contributed by atoms with Crippen LogP contribution in [0.4, 0.5) is 0 Å². The Bertz CT molecular complexity index is 1390. The van der Waals surface area contributed by atoms with Crippen LogP contribution in [0.1, 0.15) is 33.8 Å². The first-order chi connectivity index (χ1) is 18.4. The predicted molar refractivity (Wildman–Crippen MR) is 137 cm³/mol. The Morgan fingerprint density at radius 1 is 1.00 bits per heavy atom. The Balaban J connectivity index is 1.69. The molecule has 8 atom stereocenters. The third-order valence-electron chi connectivity index (χ3n) is 8.74. The molecule has 39 heavy (non-hydrogen) atoms. The van der Waals surface area contributed by atoms with Crippen LogP contribution in [-0.4, -0.2) is 81.1 Å². The van der Waals surface area contributed by atoms with E-state index in [1.54, 1.807) is 12.1 Å². The molecule has 10 heteroatoms. The van der Waals surface area contributed by atoms with Gasteiger partial charge in [0.25, 0.3) is 0 Å². The molecule has 0 saturated heterocycles. The lowest BCUT2D eigenvalue weighted by Gasteiger charge is -2.56. The number of phenols is 1. The largest absolute Gasteiger partial charge is 0.507 e. The van der Waals surface area contributed by atoms with Gasteiger partial charge in [0.2, 0.25) is 5.91 Å². The number of aliphatic hydroxyl groups is 2. The highest BCUT2D eigenvalue weighted by Gasteiger charge is 2.73. The molecular weight excluding hydrogens is 504 g/mol. The first-order valence-electron chi connectivity index (χ1n) is 12.8. The fourth-order valence-corrected chi connectivity index (χ4v) is 7.08. The first kappa shape index (κ1) is 26.9. The summed E-state index contributed by atoms with van der Waals surface area (Å²) in [5.74, 6) is -13.2. The summed E-state index contributed by atoms with van der Waals surface area (Å²) in [4.78, 5) is 68.2. The number of carbonyl (C=O) groups excluding carboxylic acids is 5. The molecule has 204 valence electrons. The minimum Gasteiger partial charge on any atom is -0.507 e. The SMILES string of the molecule is CN(C)C1C(=O)C(C(N)=O)C(=O)[C@@]2(O)C(=O)C3C(=O)c4c(O)cccc4[C@H](CCc4ccccc4)[C@H]3[C@H](O)[C@@H]12. The van der Waals surface area contributed by atoms with Crippen LogP contribution in [0.15, 0.2) is 48.5 Å². The van der Waals surface area contributed by atoms with E-state index < -0.39 is 76.4 Å². The second kappa shape index (κ2) is 9.48. The monoisotopic (exact) mass is 534 g/mol. The fourth-order valence-electron chi connectivity index (χ4n) is 7.08. The zero-order chi connectivity index (χ0) is 28.4. The summed E-state index contributed by atoms with van der Waals surface area (Å²) in [5, 5.41) is 34.3. The average Bonchev–Trinajstić information content (AvgIpc) is 2.88. The minimum absolute atomic E-state index is 0.102. The number of nitrogens with two attached hydrogens (primary N) is 1. The number of aryl methyl sites for hydroxylation is 1. The lowest BCUT2D eigenvalue weighted by Crippen LogP contribution is -2.77. The number of primary amides is 1. The molecule has 0 bridgehead atoms. The van der Waals surface area contributed by atoms with Crippen molar-refractivity contribution in [3.8, 4) is 5.75 Å². The van der Waals surface area contributed by atoms with Crippen molar-refractivity contribution >= 4 is 29.0 Å². The second-order valence-corrected chi connectivity index (χ2v) is 10.9. The number of fused-ring (bicyclic) bond motifs is 3. The van der Waals surface area contributed by atoms with Gasteiger partial charge in [0.05, 0.1) is 29.5 Å². The van der Waals surface area contributed by atoms with Gasteiger partial charge in [0.1, 0.15) is 5.75 Å². The molecule has 2 aromatic rings. The Hall–Kier alpha value is -3.73. The molecule has 0 radical (unpaired) electrons. The fraction of sp³-hybridized carbons (Fsp3) is 0.414. The quantitative estimate of drug-likeness (QED) is 0.385. The van der Waals surface area contributed by atoms with Crippen LogP contribution in [0.5, 0.6) is 5.75 Å². The van der Waals surface area contributed by atoms with Crippen LogP contribution in [0, 0.1) is 23.7 Å². The van der Waals surface area contributed by atoms with Crippen LogP contribution in [0.2, 0.25) is 0 Å². The van der Waals surface area contributed by atoms with E-state index in [1.165, 1.54) is 25.1 Å². The molecule has 3 aliphatic rings. The van der Waals surface area contributed by atoms with Crippen LogP contribution in [0.3, 0.4) is 0 Å². The molecule has 3 unspecified atom stereocenters. The molecule has 5 N–H and O–H groups in total. The maximum absolute atomic E-state index is 14.1. The zero-order valence-corrected chi connectivity index (χ0v) is 21.5. The molecule has 5 rings (SSSR count). The highest BCUT2D eigenvalue weighted by molar-refractivity contribution is 6.32.